The van der Waals surface area contributed by atoms with Crippen LogP contribution in [0.5, 0.6) is 5.75 Å². The molecular weight excluding hydrogens is 420 g/mol. The van der Waals surface area contributed by atoms with E-state index in [1.165, 1.54) is 32.1 Å². The van der Waals surface area contributed by atoms with Crippen molar-refractivity contribution in [1.29, 1.82) is 0 Å². The first-order valence-corrected chi connectivity index (χ1v) is 12.6. The van der Waals surface area contributed by atoms with Crippen LogP contribution in [0.2, 0.25) is 0 Å². The van der Waals surface area contributed by atoms with Crippen molar-refractivity contribution in [3.05, 3.63) is 29.8 Å². The third-order valence-electron chi connectivity index (χ3n) is 6.12. The van der Waals surface area contributed by atoms with E-state index < -0.39 is 12.1 Å². The van der Waals surface area contributed by atoms with Crippen LogP contribution in [0.1, 0.15) is 77.2 Å². The lowest BCUT2D eigenvalue weighted by atomic mass is 9.96. The molecule has 1 aromatic carbocycles. The van der Waals surface area contributed by atoms with Crippen molar-refractivity contribution in [2.24, 2.45) is 0 Å². The van der Waals surface area contributed by atoms with Crippen molar-refractivity contribution < 1.29 is 24.2 Å². The van der Waals surface area contributed by atoms with Gasteiger partial charge in [0.1, 0.15) is 12.4 Å². The van der Waals surface area contributed by atoms with E-state index in [4.69, 9.17) is 9.47 Å². The second kappa shape index (κ2) is 15.5. The molecule has 0 bridgehead atoms. The minimum absolute atomic E-state index is 0.0213. The molecule has 0 heterocycles. The number of unbranched alkanes of at least 4 members (excludes halogenated alkanes) is 3. The van der Waals surface area contributed by atoms with Gasteiger partial charge in [0.15, 0.2) is 6.10 Å². The summed E-state index contributed by atoms with van der Waals surface area (Å²) < 4.78 is 11.2. The second-order valence-corrected chi connectivity index (χ2v) is 8.81. The Labute approximate surface area is 198 Å². The Kier molecular flexibility index (Phi) is 12.7. The highest BCUT2D eigenvalue weighted by Gasteiger charge is 2.20. The number of benzene rings is 1. The number of hydrogen-bond acceptors (Lipinski definition) is 4. The van der Waals surface area contributed by atoms with Gasteiger partial charge in [0.05, 0.1) is 6.54 Å². The summed E-state index contributed by atoms with van der Waals surface area (Å²) in [6, 6.07) is 7.73. The molecule has 2 rings (SSSR count). The van der Waals surface area contributed by atoms with Crippen LogP contribution in [0.3, 0.4) is 0 Å². The first kappa shape index (κ1) is 27.0. The Morgan fingerprint density at radius 3 is 2.42 bits per heavy atom. The number of carboxylic acid groups (broad SMARTS) is 1. The summed E-state index contributed by atoms with van der Waals surface area (Å²) in [6.07, 6.45) is 9.77. The van der Waals surface area contributed by atoms with Crippen LogP contribution in [0.15, 0.2) is 24.3 Å². The van der Waals surface area contributed by atoms with Gasteiger partial charge in [0.2, 0.25) is 0 Å². The zero-order valence-electron chi connectivity index (χ0n) is 20.4. The number of nitrogens with zero attached hydrogens (tertiary/aromatic N) is 1. The molecular formula is C26H42N2O5. The minimum Gasteiger partial charge on any atom is -0.492 e. The van der Waals surface area contributed by atoms with Crippen molar-refractivity contribution in [1.82, 2.24) is 10.2 Å². The van der Waals surface area contributed by atoms with E-state index in [1.807, 2.05) is 29.2 Å². The minimum atomic E-state index is -0.956. The van der Waals surface area contributed by atoms with E-state index in [1.54, 1.807) is 6.92 Å². The van der Waals surface area contributed by atoms with Gasteiger partial charge in [0.25, 0.3) is 0 Å². The molecule has 0 aliphatic heterocycles. The third-order valence-corrected chi connectivity index (χ3v) is 6.12. The van der Waals surface area contributed by atoms with Crippen molar-refractivity contribution >= 4 is 12.0 Å². The Balaban J connectivity index is 1.83. The average molecular weight is 463 g/mol. The fourth-order valence-corrected chi connectivity index (χ4v) is 4.19. The first-order valence-electron chi connectivity index (χ1n) is 12.6. The quantitative estimate of drug-likeness (QED) is 0.357. The fraction of sp³-hybridized carbons (Fsp3) is 0.692. The van der Waals surface area contributed by atoms with Crippen LogP contribution >= 0.6 is 0 Å². The maximum absolute atomic E-state index is 12.9. The molecule has 1 aliphatic carbocycles. The molecule has 1 unspecified atom stereocenters. The van der Waals surface area contributed by atoms with Crippen LogP contribution in [0.4, 0.5) is 4.79 Å². The van der Waals surface area contributed by atoms with Gasteiger partial charge in [-0.25, -0.2) is 9.59 Å². The summed E-state index contributed by atoms with van der Waals surface area (Å²) in [5.41, 5.74) is 0.882. The summed E-state index contributed by atoms with van der Waals surface area (Å²) in [7, 11) is 0. The van der Waals surface area contributed by atoms with Crippen molar-refractivity contribution in [3.63, 3.8) is 0 Å². The molecule has 7 nitrogen and oxygen atoms in total. The van der Waals surface area contributed by atoms with Crippen LogP contribution < -0.4 is 10.1 Å². The van der Waals surface area contributed by atoms with Gasteiger partial charge < -0.3 is 24.8 Å². The molecule has 1 aliphatic rings. The summed E-state index contributed by atoms with van der Waals surface area (Å²) in [5, 5.41) is 12.5. The lowest BCUT2D eigenvalue weighted by Crippen LogP contribution is -2.47. The number of carboxylic acids is 1. The van der Waals surface area contributed by atoms with E-state index in [2.05, 4.69) is 12.2 Å². The number of ether oxygens (including phenoxy) is 2. The number of nitrogens with one attached hydrogen (secondary N) is 1. The highest BCUT2D eigenvalue weighted by Crippen LogP contribution is 2.18. The number of aliphatic carboxylic acids is 1. The van der Waals surface area contributed by atoms with Gasteiger partial charge in [-0.3, -0.25) is 0 Å². The van der Waals surface area contributed by atoms with E-state index in [0.29, 0.717) is 38.0 Å². The molecule has 186 valence electrons. The molecule has 1 saturated carbocycles. The molecule has 1 aromatic rings. The zero-order chi connectivity index (χ0) is 23.9. The van der Waals surface area contributed by atoms with Gasteiger partial charge in [-0.1, -0.05) is 57.6 Å². The van der Waals surface area contributed by atoms with Crippen molar-refractivity contribution in [2.45, 2.75) is 90.2 Å². The maximum atomic E-state index is 12.9. The first-order chi connectivity index (χ1) is 16.0. The number of rotatable bonds is 15. The number of amides is 2. The normalized spacial score (nSPS) is 15.1. The van der Waals surface area contributed by atoms with E-state index >= 15 is 0 Å². The lowest BCUT2D eigenvalue weighted by Gasteiger charge is -2.28. The Morgan fingerprint density at radius 1 is 1.06 bits per heavy atom. The Morgan fingerprint density at radius 2 is 1.79 bits per heavy atom. The number of carbonyl (C=O) groups is 2. The van der Waals surface area contributed by atoms with Gasteiger partial charge in [-0.2, -0.15) is 0 Å². The van der Waals surface area contributed by atoms with E-state index in [0.717, 1.165) is 37.8 Å². The summed E-state index contributed by atoms with van der Waals surface area (Å²) in [4.78, 5) is 26.0. The number of carbonyl (C=O) groups excluding carboxylic acids is 1. The second-order valence-electron chi connectivity index (χ2n) is 8.81. The van der Waals surface area contributed by atoms with E-state index in [-0.39, 0.29) is 6.03 Å². The molecule has 0 radical (unpaired) electrons. The summed E-state index contributed by atoms with van der Waals surface area (Å²) in [5.74, 6) is -0.247. The zero-order valence-corrected chi connectivity index (χ0v) is 20.4. The van der Waals surface area contributed by atoms with Gasteiger partial charge >= 0.3 is 12.0 Å². The molecule has 1 atom stereocenters. The third kappa shape index (κ3) is 10.5. The van der Waals surface area contributed by atoms with Gasteiger partial charge in [-0.05, 0) is 43.9 Å². The van der Waals surface area contributed by atoms with E-state index in [9.17, 15) is 14.7 Å². The van der Waals surface area contributed by atoms with Crippen LogP contribution in [0.25, 0.3) is 0 Å². The Bertz CT molecular complexity index is 688. The molecule has 0 aromatic heterocycles. The van der Waals surface area contributed by atoms with Crippen LogP contribution in [0, 0.1) is 0 Å². The van der Waals surface area contributed by atoms with Crippen molar-refractivity contribution in [3.8, 4) is 5.75 Å². The number of urea groups is 1. The molecule has 7 heteroatoms. The standard InChI is InChI=1S/C26H42N2O5/c1-3-5-6-10-17-28(26(31)27-22-11-8-7-9-12-22)18-19-33-23-15-13-21(14-16-23)20-24(25(29)30)32-4-2/h13-16,22,24H,3-12,17-20H2,1-2H3,(H,27,31)(H,29,30). The molecule has 0 saturated heterocycles. The predicted molar refractivity (Wildman–Crippen MR) is 130 cm³/mol. The van der Waals surface area contributed by atoms with Crippen LogP contribution in [-0.4, -0.2) is 60.5 Å². The molecule has 2 N–H and O–H groups in total. The average Bonchev–Trinajstić information content (AvgIpc) is 2.82. The smallest absolute Gasteiger partial charge is 0.333 e. The van der Waals surface area contributed by atoms with Crippen LogP contribution in [-0.2, 0) is 16.0 Å². The van der Waals surface area contributed by atoms with Gasteiger partial charge in [-0.15, -0.1) is 0 Å². The number of hydrogen-bond donors (Lipinski definition) is 2. The summed E-state index contributed by atoms with van der Waals surface area (Å²) >= 11 is 0. The lowest BCUT2D eigenvalue weighted by molar-refractivity contribution is -0.149. The topological polar surface area (TPSA) is 88.1 Å². The fourth-order valence-electron chi connectivity index (χ4n) is 4.19. The van der Waals surface area contributed by atoms with Crippen molar-refractivity contribution in [2.75, 3.05) is 26.3 Å². The Hall–Kier alpha value is -2.28. The highest BCUT2D eigenvalue weighted by atomic mass is 16.5. The van der Waals surface area contributed by atoms with Gasteiger partial charge in [0, 0.05) is 25.6 Å². The largest absolute Gasteiger partial charge is 0.492 e. The molecule has 33 heavy (non-hydrogen) atoms. The highest BCUT2D eigenvalue weighted by molar-refractivity contribution is 5.74. The maximum Gasteiger partial charge on any atom is 0.333 e. The monoisotopic (exact) mass is 462 g/mol. The molecule has 1 fully saturated rings. The summed E-state index contributed by atoms with van der Waals surface area (Å²) in [6.45, 7) is 6.04. The SMILES string of the molecule is CCCCCCN(CCOc1ccc(CC(OCC)C(=O)O)cc1)C(=O)NC1CCCCC1. The predicted octanol–water partition coefficient (Wildman–Crippen LogP) is 5.02. The molecule has 2 amide bonds. The molecule has 0 spiro atoms.